The van der Waals surface area contributed by atoms with Crippen LogP contribution in [0.1, 0.15) is 23.5 Å². The van der Waals surface area contributed by atoms with Gasteiger partial charge in [0.1, 0.15) is 5.76 Å². The van der Waals surface area contributed by atoms with E-state index >= 15 is 0 Å². The Morgan fingerprint density at radius 1 is 1.33 bits per heavy atom. The van der Waals surface area contributed by atoms with E-state index in [9.17, 15) is 10.1 Å². The van der Waals surface area contributed by atoms with E-state index in [1.54, 1.807) is 18.4 Å². The van der Waals surface area contributed by atoms with E-state index in [-0.39, 0.29) is 15.9 Å². The fourth-order valence-electron chi connectivity index (χ4n) is 2.39. The molecule has 1 aromatic carbocycles. The van der Waals surface area contributed by atoms with E-state index < -0.39 is 0 Å². The van der Waals surface area contributed by atoms with Gasteiger partial charge in [-0.05, 0) is 25.5 Å². The van der Waals surface area contributed by atoms with Gasteiger partial charge in [0.05, 0.1) is 16.7 Å². The first-order valence-electron chi connectivity index (χ1n) is 7.32. The highest BCUT2D eigenvalue weighted by Crippen LogP contribution is 2.36. The monoisotopic (exact) mass is 344 g/mol. The van der Waals surface area contributed by atoms with Crippen LogP contribution < -0.4 is 0 Å². The minimum atomic E-state index is -0.386. The van der Waals surface area contributed by atoms with Crippen molar-refractivity contribution in [2.24, 2.45) is 7.05 Å². The molecule has 124 valence electrons. The number of nitrogens with zero attached hydrogens (tertiary/aromatic N) is 4. The molecule has 7 nitrogen and oxygen atoms in total. The molecule has 0 saturated heterocycles. The molecule has 0 radical (unpaired) electrons. The number of nitro groups is 1. The van der Waals surface area contributed by atoms with E-state index in [0.717, 1.165) is 27.9 Å². The van der Waals surface area contributed by atoms with Crippen molar-refractivity contribution in [2.45, 2.75) is 24.3 Å². The summed E-state index contributed by atoms with van der Waals surface area (Å²) >= 11 is 1.50. The molecule has 0 aliphatic heterocycles. The van der Waals surface area contributed by atoms with Gasteiger partial charge in [-0.2, -0.15) is 0 Å². The molecule has 1 unspecified atom stereocenters. The summed E-state index contributed by atoms with van der Waals surface area (Å²) < 4.78 is 7.22. The molecule has 0 aliphatic rings. The van der Waals surface area contributed by atoms with Crippen LogP contribution in [0.25, 0.3) is 11.4 Å². The summed E-state index contributed by atoms with van der Waals surface area (Å²) in [5, 5.41) is 20.1. The number of thioether (sulfide) groups is 1. The van der Waals surface area contributed by atoms with E-state index in [2.05, 4.69) is 10.2 Å². The predicted molar refractivity (Wildman–Crippen MR) is 90.8 cm³/mol. The number of hydrogen-bond acceptors (Lipinski definition) is 6. The first kappa shape index (κ1) is 16.3. The van der Waals surface area contributed by atoms with Crippen LogP contribution in [0.3, 0.4) is 0 Å². The highest BCUT2D eigenvalue weighted by Gasteiger charge is 2.18. The van der Waals surface area contributed by atoms with Crippen LogP contribution in [0, 0.1) is 17.0 Å². The second-order valence-electron chi connectivity index (χ2n) is 5.37. The molecule has 2 aromatic heterocycles. The number of aromatic nitrogens is 3. The van der Waals surface area contributed by atoms with Crippen LogP contribution in [0.15, 0.2) is 46.2 Å². The van der Waals surface area contributed by atoms with Gasteiger partial charge in [0.15, 0.2) is 11.0 Å². The van der Waals surface area contributed by atoms with Gasteiger partial charge in [-0.1, -0.05) is 23.9 Å². The van der Waals surface area contributed by atoms with Crippen molar-refractivity contribution in [3.8, 4) is 11.4 Å². The average Bonchev–Trinajstić information content (AvgIpc) is 3.14. The molecule has 0 fully saturated rings. The van der Waals surface area contributed by atoms with Crippen LogP contribution in [-0.4, -0.2) is 19.7 Å². The third kappa shape index (κ3) is 3.05. The van der Waals surface area contributed by atoms with Crippen molar-refractivity contribution in [3.05, 3.63) is 58.0 Å². The fourth-order valence-corrected chi connectivity index (χ4v) is 3.32. The third-order valence-corrected chi connectivity index (χ3v) is 4.96. The lowest BCUT2D eigenvalue weighted by atomic mass is 10.1. The summed E-state index contributed by atoms with van der Waals surface area (Å²) in [6, 6.07) is 8.51. The lowest BCUT2D eigenvalue weighted by molar-refractivity contribution is -0.384. The molecule has 24 heavy (non-hydrogen) atoms. The Morgan fingerprint density at radius 3 is 2.79 bits per heavy atom. The smallest absolute Gasteiger partial charge is 0.269 e. The quantitative estimate of drug-likeness (QED) is 0.393. The number of hydrogen-bond donors (Lipinski definition) is 0. The first-order chi connectivity index (χ1) is 11.5. The van der Waals surface area contributed by atoms with Gasteiger partial charge >= 0.3 is 0 Å². The number of benzene rings is 1. The van der Waals surface area contributed by atoms with Crippen molar-refractivity contribution in [3.63, 3.8) is 0 Å². The van der Waals surface area contributed by atoms with Crippen LogP contribution in [0.2, 0.25) is 0 Å². The third-order valence-electron chi connectivity index (χ3n) is 3.77. The molecule has 1 atom stereocenters. The average molecular weight is 344 g/mol. The zero-order valence-corrected chi connectivity index (χ0v) is 14.3. The summed E-state index contributed by atoms with van der Waals surface area (Å²) in [4.78, 5) is 10.5. The summed E-state index contributed by atoms with van der Waals surface area (Å²) in [6.07, 6.45) is 1.62. The Bertz CT molecular complexity index is 887. The maximum atomic E-state index is 10.9. The molecule has 0 bridgehead atoms. The summed E-state index contributed by atoms with van der Waals surface area (Å²) in [6.45, 7) is 3.86. The van der Waals surface area contributed by atoms with Gasteiger partial charge in [0.2, 0.25) is 0 Å². The van der Waals surface area contributed by atoms with Crippen LogP contribution >= 0.6 is 11.8 Å². The minimum absolute atomic E-state index is 0.00565. The van der Waals surface area contributed by atoms with Crippen LogP contribution in [0.4, 0.5) is 5.69 Å². The zero-order chi connectivity index (χ0) is 17.3. The SMILES string of the molecule is Cc1occc1-c1nnc(SC(C)c2cccc([N+](=O)[O-])c2)n1C. The molecule has 2 heterocycles. The molecule has 0 N–H and O–H groups in total. The number of nitro benzene ring substituents is 1. The highest BCUT2D eigenvalue weighted by molar-refractivity contribution is 7.99. The number of non-ortho nitro benzene ring substituents is 1. The van der Waals surface area contributed by atoms with Crippen molar-refractivity contribution in [1.82, 2.24) is 14.8 Å². The first-order valence-corrected chi connectivity index (χ1v) is 8.20. The van der Waals surface area contributed by atoms with Gasteiger partial charge in [-0.25, -0.2) is 0 Å². The Kier molecular flexibility index (Phi) is 4.39. The van der Waals surface area contributed by atoms with Crippen LogP contribution in [0.5, 0.6) is 0 Å². The standard InChI is InChI=1S/C16H16N4O3S/c1-10-14(7-8-23-10)15-17-18-16(19(15)3)24-11(2)12-5-4-6-13(9-12)20(21)22/h4-9,11H,1-3H3. The van der Waals surface area contributed by atoms with Crippen molar-refractivity contribution in [1.29, 1.82) is 0 Å². The molecule has 0 spiro atoms. The summed E-state index contributed by atoms with van der Waals surface area (Å²) in [5.41, 5.74) is 1.87. The van der Waals surface area contributed by atoms with E-state index in [4.69, 9.17) is 4.42 Å². The molecule has 0 saturated carbocycles. The van der Waals surface area contributed by atoms with Gasteiger partial charge in [0.25, 0.3) is 5.69 Å². The molecule has 0 amide bonds. The van der Waals surface area contributed by atoms with Crippen molar-refractivity contribution >= 4 is 17.4 Å². The van der Waals surface area contributed by atoms with E-state index in [0.29, 0.717) is 0 Å². The maximum absolute atomic E-state index is 10.9. The maximum Gasteiger partial charge on any atom is 0.269 e. The minimum Gasteiger partial charge on any atom is -0.469 e. The lowest BCUT2D eigenvalue weighted by Crippen LogP contribution is -1.97. The molecular weight excluding hydrogens is 328 g/mol. The topological polar surface area (TPSA) is 87.0 Å². The Balaban J connectivity index is 1.84. The fraction of sp³-hybridized carbons (Fsp3) is 0.250. The molecular formula is C16H16N4O3S. The number of furan rings is 1. The lowest BCUT2D eigenvalue weighted by Gasteiger charge is -2.11. The molecule has 0 aliphatic carbocycles. The van der Waals surface area contributed by atoms with Gasteiger partial charge in [0, 0.05) is 24.4 Å². The highest BCUT2D eigenvalue weighted by atomic mass is 32.2. The van der Waals surface area contributed by atoms with Crippen molar-refractivity contribution < 1.29 is 9.34 Å². The molecule has 8 heteroatoms. The molecule has 3 rings (SSSR count). The Morgan fingerprint density at radius 2 is 2.12 bits per heavy atom. The van der Waals surface area contributed by atoms with Crippen LogP contribution in [-0.2, 0) is 7.05 Å². The normalized spacial score (nSPS) is 12.3. The van der Waals surface area contributed by atoms with E-state index in [1.807, 2.05) is 37.6 Å². The molecule has 3 aromatic rings. The Hall–Kier alpha value is -2.61. The predicted octanol–water partition coefficient (Wildman–Crippen LogP) is 4.15. The summed E-state index contributed by atoms with van der Waals surface area (Å²) in [7, 11) is 1.89. The van der Waals surface area contributed by atoms with Gasteiger partial charge < -0.3 is 8.98 Å². The summed E-state index contributed by atoms with van der Waals surface area (Å²) in [5.74, 6) is 1.52. The number of rotatable bonds is 5. The second-order valence-corrected chi connectivity index (χ2v) is 6.68. The Labute approximate surface area is 142 Å². The number of aryl methyl sites for hydroxylation is 1. The largest absolute Gasteiger partial charge is 0.469 e. The van der Waals surface area contributed by atoms with Gasteiger partial charge in [-0.15, -0.1) is 10.2 Å². The zero-order valence-electron chi connectivity index (χ0n) is 13.5. The van der Waals surface area contributed by atoms with Gasteiger partial charge in [-0.3, -0.25) is 10.1 Å². The van der Waals surface area contributed by atoms with E-state index in [1.165, 1.54) is 17.8 Å². The van der Waals surface area contributed by atoms with Crippen molar-refractivity contribution in [2.75, 3.05) is 0 Å². The second kappa shape index (κ2) is 6.48.